The number of nitrogens with zero attached hydrogens (tertiary/aromatic N) is 1. The van der Waals surface area contributed by atoms with Gasteiger partial charge in [0.1, 0.15) is 0 Å². The number of hydrogen-bond acceptors (Lipinski definition) is 1. The van der Waals surface area contributed by atoms with Crippen LogP contribution in [-0.4, -0.2) is 18.0 Å². The number of hydrogen-bond donors (Lipinski definition) is 0. The lowest BCUT2D eigenvalue weighted by atomic mass is 9.73. The first-order valence-corrected chi connectivity index (χ1v) is 4.64. The summed E-state index contributed by atoms with van der Waals surface area (Å²) in [6.45, 7) is 8.76. The summed E-state index contributed by atoms with van der Waals surface area (Å²) >= 11 is 0. The standard InChI is InChI=1S/C11H17N/c1-8-11(2,3)9-5-6-10(7-9)12(8)4/h5-6,9-10H,1,7H2,2-4H3. The monoisotopic (exact) mass is 163 g/mol. The number of likely N-dealkylation sites (tertiary alicyclic amines) is 1. The second kappa shape index (κ2) is 2.15. The Bertz CT molecular complexity index is 250. The molecule has 1 heterocycles. The van der Waals surface area contributed by atoms with Crippen LogP contribution in [0.2, 0.25) is 0 Å². The number of piperidine rings is 1. The van der Waals surface area contributed by atoms with Crippen LogP contribution in [0.4, 0.5) is 0 Å². The molecule has 1 fully saturated rings. The molecule has 2 aliphatic rings. The van der Waals surface area contributed by atoms with Gasteiger partial charge in [-0.15, -0.1) is 0 Å². The van der Waals surface area contributed by atoms with Gasteiger partial charge >= 0.3 is 0 Å². The quantitative estimate of drug-likeness (QED) is 0.496. The number of rotatable bonds is 0. The van der Waals surface area contributed by atoms with Gasteiger partial charge in [0.15, 0.2) is 0 Å². The van der Waals surface area contributed by atoms with Crippen LogP contribution in [0, 0.1) is 11.3 Å². The van der Waals surface area contributed by atoms with E-state index in [1.54, 1.807) is 0 Å². The Morgan fingerprint density at radius 2 is 2.17 bits per heavy atom. The minimum Gasteiger partial charge on any atom is -0.371 e. The van der Waals surface area contributed by atoms with Crippen molar-refractivity contribution in [3.05, 3.63) is 24.4 Å². The molecule has 1 heteroatoms. The van der Waals surface area contributed by atoms with E-state index in [1.807, 2.05) is 0 Å². The van der Waals surface area contributed by atoms with Crippen molar-refractivity contribution in [2.75, 3.05) is 7.05 Å². The average molecular weight is 163 g/mol. The average Bonchev–Trinajstić information content (AvgIpc) is 2.46. The second-order valence-electron chi connectivity index (χ2n) is 4.57. The van der Waals surface area contributed by atoms with Crippen molar-refractivity contribution in [3.63, 3.8) is 0 Å². The van der Waals surface area contributed by atoms with Crippen LogP contribution in [0.1, 0.15) is 20.3 Å². The van der Waals surface area contributed by atoms with Crippen LogP contribution < -0.4 is 0 Å². The molecule has 66 valence electrons. The highest BCUT2D eigenvalue weighted by atomic mass is 15.2. The second-order valence-corrected chi connectivity index (χ2v) is 4.57. The summed E-state index contributed by atoms with van der Waals surface area (Å²) in [5, 5.41) is 0. The first-order valence-electron chi connectivity index (χ1n) is 4.64. The third kappa shape index (κ3) is 0.796. The molecule has 12 heavy (non-hydrogen) atoms. The lowest BCUT2D eigenvalue weighted by molar-refractivity contribution is 0.148. The van der Waals surface area contributed by atoms with Crippen molar-refractivity contribution in [3.8, 4) is 0 Å². The molecule has 2 atom stereocenters. The SMILES string of the molecule is C=C1N(C)C2C=CC(C2)C1(C)C. The largest absolute Gasteiger partial charge is 0.371 e. The number of allylic oxidation sites excluding steroid dienone is 2. The van der Waals surface area contributed by atoms with E-state index in [2.05, 4.69) is 44.5 Å². The Morgan fingerprint density at radius 3 is 2.83 bits per heavy atom. The predicted molar refractivity (Wildman–Crippen MR) is 51.7 cm³/mol. The number of likely N-dealkylation sites (N-methyl/N-ethyl adjacent to an activating group) is 1. The van der Waals surface area contributed by atoms with Gasteiger partial charge in [-0.25, -0.2) is 0 Å². The highest BCUT2D eigenvalue weighted by Crippen LogP contribution is 2.47. The third-order valence-electron chi connectivity index (χ3n) is 3.65. The zero-order valence-corrected chi connectivity index (χ0v) is 8.17. The molecule has 0 aromatic heterocycles. The van der Waals surface area contributed by atoms with Gasteiger partial charge in [-0.2, -0.15) is 0 Å². The highest BCUT2D eigenvalue weighted by Gasteiger charge is 2.42. The molecule has 1 aliphatic carbocycles. The van der Waals surface area contributed by atoms with Gasteiger partial charge in [-0.3, -0.25) is 0 Å². The molecule has 0 spiro atoms. The lowest BCUT2D eigenvalue weighted by Gasteiger charge is -2.45. The Balaban J connectivity index is 2.38. The van der Waals surface area contributed by atoms with Gasteiger partial charge in [-0.1, -0.05) is 32.6 Å². The van der Waals surface area contributed by atoms with Crippen molar-refractivity contribution in [1.82, 2.24) is 4.90 Å². The molecule has 0 aromatic carbocycles. The van der Waals surface area contributed by atoms with Crippen molar-refractivity contribution in [2.24, 2.45) is 11.3 Å². The van der Waals surface area contributed by atoms with Crippen LogP contribution in [0.5, 0.6) is 0 Å². The fourth-order valence-corrected chi connectivity index (χ4v) is 2.37. The Kier molecular flexibility index (Phi) is 1.42. The predicted octanol–water partition coefficient (Wildman–Crippen LogP) is 2.42. The number of fused-ring (bicyclic) bond motifs is 2. The van der Waals surface area contributed by atoms with Crippen molar-refractivity contribution in [1.29, 1.82) is 0 Å². The summed E-state index contributed by atoms with van der Waals surface area (Å²) in [6, 6.07) is 0.621. The topological polar surface area (TPSA) is 3.24 Å². The van der Waals surface area contributed by atoms with Gasteiger partial charge in [0.05, 0.1) is 0 Å². The Labute approximate surface area is 74.8 Å². The fraction of sp³-hybridized carbons (Fsp3) is 0.636. The minimum absolute atomic E-state index is 0.262. The molecule has 0 aromatic rings. The molecule has 1 nitrogen and oxygen atoms in total. The highest BCUT2D eigenvalue weighted by molar-refractivity contribution is 5.25. The lowest BCUT2D eigenvalue weighted by Crippen LogP contribution is -2.42. The summed E-state index contributed by atoms with van der Waals surface area (Å²) in [5.41, 5.74) is 1.55. The molecule has 2 unspecified atom stereocenters. The molecule has 0 amide bonds. The van der Waals surface area contributed by atoms with Crippen molar-refractivity contribution >= 4 is 0 Å². The third-order valence-corrected chi connectivity index (χ3v) is 3.65. The fourth-order valence-electron chi connectivity index (χ4n) is 2.37. The van der Waals surface area contributed by atoms with Crippen LogP contribution in [0.3, 0.4) is 0 Å². The van der Waals surface area contributed by atoms with E-state index in [-0.39, 0.29) is 5.41 Å². The molecule has 1 saturated heterocycles. The van der Waals surface area contributed by atoms with Crippen LogP contribution in [-0.2, 0) is 0 Å². The first kappa shape index (κ1) is 7.90. The van der Waals surface area contributed by atoms with E-state index < -0.39 is 0 Å². The zero-order valence-electron chi connectivity index (χ0n) is 8.17. The van der Waals surface area contributed by atoms with E-state index >= 15 is 0 Å². The summed E-state index contributed by atoms with van der Waals surface area (Å²) in [5.74, 6) is 0.714. The summed E-state index contributed by atoms with van der Waals surface area (Å²) in [4.78, 5) is 2.32. The van der Waals surface area contributed by atoms with Gasteiger partial charge in [0, 0.05) is 24.2 Å². The Morgan fingerprint density at radius 1 is 1.50 bits per heavy atom. The molecule has 0 radical (unpaired) electrons. The molecule has 0 N–H and O–H groups in total. The van der Waals surface area contributed by atoms with E-state index in [4.69, 9.17) is 0 Å². The molecule has 2 bridgehead atoms. The maximum Gasteiger partial charge on any atom is 0.0472 e. The van der Waals surface area contributed by atoms with E-state index in [9.17, 15) is 0 Å². The van der Waals surface area contributed by atoms with Gasteiger partial charge in [-0.05, 0) is 12.3 Å². The summed E-state index contributed by atoms with van der Waals surface area (Å²) < 4.78 is 0. The first-order chi connectivity index (χ1) is 5.53. The van der Waals surface area contributed by atoms with Gasteiger partial charge < -0.3 is 4.90 Å². The molecular weight excluding hydrogens is 146 g/mol. The van der Waals surface area contributed by atoms with Crippen LogP contribution in [0.15, 0.2) is 24.4 Å². The van der Waals surface area contributed by atoms with Gasteiger partial charge in [0.25, 0.3) is 0 Å². The summed E-state index contributed by atoms with van der Waals surface area (Å²) in [6.07, 6.45) is 5.96. The summed E-state index contributed by atoms with van der Waals surface area (Å²) in [7, 11) is 2.15. The van der Waals surface area contributed by atoms with Crippen molar-refractivity contribution < 1.29 is 0 Å². The van der Waals surface area contributed by atoms with Crippen LogP contribution in [0.25, 0.3) is 0 Å². The maximum atomic E-state index is 4.17. The molecule has 2 rings (SSSR count). The normalized spacial score (nSPS) is 37.6. The van der Waals surface area contributed by atoms with Crippen LogP contribution >= 0.6 is 0 Å². The molecule has 1 aliphatic heterocycles. The van der Waals surface area contributed by atoms with E-state index in [1.165, 1.54) is 12.1 Å². The zero-order chi connectivity index (χ0) is 8.93. The Hall–Kier alpha value is -0.720. The molecule has 0 saturated carbocycles. The maximum absolute atomic E-state index is 4.17. The van der Waals surface area contributed by atoms with E-state index in [0.29, 0.717) is 12.0 Å². The van der Waals surface area contributed by atoms with Gasteiger partial charge in [0.2, 0.25) is 0 Å². The minimum atomic E-state index is 0.262. The van der Waals surface area contributed by atoms with E-state index in [0.717, 1.165) is 0 Å². The smallest absolute Gasteiger partial charge is 0.0472 e. The van der Waals surface area contributed by atoms with Crippen molar-refractivity contribution in [2.45, 2.75) is 26.3 Å². The molecular formula is C11H17N.